The van der Waals surface area contributed by atoms with Gasteiger partial charge in [0.1, 0.15) is 17.5 Å². The molecule has 116 valence electrons. The summed E-state index contributed by atoms with van der Waals surface area (Å²) in [4.78, 5) is 11.5. The van der Waals surface area contributed by atoms with Crippen LogP contribution >= 0.6 is 0 Å². The van der Waals surface area contributed by atoms with Crippen molar-refractivity contribution in [1.82, 2.24) is 24.7 Å². The van der Waals surface area contributed by atoms with Gasteiger partial charge in [0.25, 0.3) is 0 Å². The van der Waals surface area contributed by atoms with Crippen LogP contribution in [0.5, 0.6) is 0 Å². The van der Waals surface area contributed by atoms with Crippen molar-refractivity contribution in [1.29, 1.82) is 0 Å². The molecule has 2 aromatic heterocycles. The number of fused-ring (bicyclic) bond motifs is 1. The summed E-state index contributed by atoms with van der Waals surface area (Å²) in [6.07, 6.45) is 6.48. The molecule has 1 atom stereocenters. The summed E-state index contributed by atoms with van der Waals surface area (Å²) >= 11 is 0. The van der Waals surface area contributed by atoms with Crippen LogP contribution in [-0.4, -0.2) is 37.8 Å². The molecule has 0 N–H and O–H groups in total. The number of anilines is 1. The van der Waals surface area contributed by atoms with E-state index in [0.29, 0.717) is 5.92 Å². The standard InChI is InChI=1S/C16H22N6/c1-11-9-17-12(2)15(18-11)21-7-3-5-13(10-21)16-20-19-14-6-4-8-22(14)16/h9,13H,3-8,10H2,1-2H3. The molecule has 2 aliphatic rings. The fraction of sp³-hybridized carbons (Fsp3) is 0.625. The number of nitrogens with zero attached hydrogens (tertiary/aromatic N) is 6. The quantitative estimate of drug-likeness (QED) is 0.849. The van der Waals surface area contributed by atoms with Crippen LogP contribution in [0.2, 0.25) is 0 Å². The van der Waals surface area contributed by atoms with E-state index in [0.717, 1.165) is 43.3 Å². The van der Waals surface area contributed by atoms with Gasteiger partial charge in [-0.3, -0.25) is 4.98 Å². The third-order valence-electron chi connectivity index (χ3n) is 4.78. The van der Waals surface area contributed by atoms with Crippen LogP contribution in [0.1, 0.15) is 48.2 Å². The zero-order chi connectivity index (χ0) is 15.1. The highest BCUT2D eigenvalue weighted by molar-refractivity contribution is 5.44. The van der Waals surface area contributed by atoms with Crippen molar-refractivity contribution < 1.29 is 0 Å². The molecule has 0 aliphatic carbocycles. The molecule has 0 radical (unpaired) electrons. The third kappa shape index (κ3) is 2.26. The molecule has 0 amide bonds. The SMILES string of the molecule is Cc1cnc(C)c(N2CCCC(c3nnc4n3CCC4)C2)n1. The molecule has 0 saturated carbocycles. The number of piperidine rings is 1. The Morgan fingerprint density at radius 2 is 2.05 bits per heavy atom. The predicted molar refractivity (Wildman–Crippen MR) is 84.0 cm³/mol. The number of hydrogen-bond acceptors (Lipinski definition) is 5. The largest absolute Gasteiger partial charge is 0.354 e. The Morgan fingerprint density at radius 1 is 1.14 bits per heavy atom. The summed E-state index contributed by atoms with van der Waals surface area (Å²) in [6.45, 7) is 7.15. The minimum atomic E-state index is 0.454. The Morgan fingerprint density at radius 3 is 2.95 bits per heavy atom. The van der Waals surface area contributed by atoms with E-state index in [-0.39, 0.29) is 0 Å². The second-order valence-electron chi connectivity index (χ2n) is 6.44. The maximum Gasteiger partial charge on any atom is 0.150 e. The Kier molecular flexibility index (Phi) is 3.32. The minimum Gasteiger partial charge on any atom is -0.354 e. The zero-order valence-electron chi connectivity index (χ0n) is 13.3. The van der Waals surface area contributed by atoms with Crippen LogP contribution in [0, 0.1) is 13.8 Å². The molecule has 1 unspecified atom stereocenters. The minimum absolute atomic E-state index is 0.454. The fourth-order valence-electron chi connectivity index (χ4n) is 3.68. The van der Waals surface area contributed by atoms with E-state index in [1.165, 1.54) is 30.9 Å². The first kappa shape index (κ1) is 13.7. The highest BCUT2D eigenvalue weighted by atomic mass is 15.3. The second kappa shape index (κ2) is 5.34. The molecule has 0 bridgehead atoms. The lowest BCUT2D eigenvalue weighted by molar-refractivity contribution is 0.470. The van der Waals surface area contributed by atoms with Crippen molar-refractivity contribution in [2.45, 2.75) is 52.0 Å². The normalized spacial score (nSPS) is 21.2. The third-order valence-corrected chi connectivity index (χ3v) is 4.78. The van der Waals surface area contributed by atoms with E-state index in [4.69, 9.17) is 4.98 Å². The first-order valence-electron chi connectivity index (χ1n) is 8.19. The smallest absolute Gasteiger partial charge is 0.150 e. The molecule has 22 heavy (non-hydrogen) atoms. The first-order chi connectivity index (χ1) is 10.7. The van der Waals surface area contributed by atoms with Gasteiger partial charge in [-0.2, -0.15) is 0 Å². The average Bonchev–Trinajstić information content (AvgIpc) is 3.13. The lowest BCUT2D eigenvalue weighted by Crippen LogP contribution is -2.36. The van der Waals surface area contributed by atoms with E-state index >= 15 is 0 Å². The molecule has 6 heteroatoms. The molecule has 4 heterocycles. The first-order valence-corrected chi connectivity index (χ1v) is 8.19. The summed E-state index contributed by atoms with van der Waals surface area (Å²) in [5.74, 6) is 3.83. The van der Waals surface area contributed by atoms with Gasteiger partial charge in [0.2, 0.25) is 0 Å². The van der Waals surface area contributed by atoms with Gasteiger partial charge in [-0.15, -0.1) is 10.2 Å². The number of hydrogen-bond donors (Lipinski definition) is 0. The predicted octanol–water partition coefficient (Wildman–Crippen LogP) is 2.02. The van der Waals surface area contributed by atoms with Crippen molar-refractivity contribution in [3.05, 3.63) is 29.2 Å². The lowest BCUT2D eigenvalue weighted by atomic mass is 9.97. The molecule has 6 nitrogen and oxygen atoms in total. The van der Waals surface area contributed by atoms with Gasteiger partial charge in [-0.1, -0.05) is 0 Å². The van der Waals surface area contributed by atoms with Crippen LogP contribution in [0.4, 0.5) is 5.82 Å². The molecule has 1 fully saturated rings. The Balaban J connectivity index is 1.60. The van der Waals surface area contributed by atoms with Crippen LogP contribution in [0.25, 0.3) is 0 Å². The van der Waals surface area contributed by atoms with Crippen molar-refractivity contribution >= 4 is 5.82 Å². The molecule has 1 saturated heterocycles. The fourth-order valence-corrected chi connectivity index (χ4v) is 3.68. The molecule has 4 rings (SSSR count). The van der Waals surface area contributed by atoms with E-state index in [1.807, 2.05) is 20.0 Å². The van der Waals surface area contributed by atoms with E-state index < -0.39 is 0 Å². The van der Waals surface area contributed by atoms with Crippen LogP contribution in [-0.2, 0) is 13.0 Å². The number of aryl methyl sites for hydroxylation is 3. The van der Waals surface area contributed by atoms with Crippen molar-refractivity contribution in [3.63, 3.8) is 0 Å². The average molecular weight is 298 g/mol. The van der Waals surface area contributed by atoms with Gasteiger partial charge in [0.15, 0.2) is 0 Å². The van der Waals surface area contributed by atoms with Gasteiger partial charge in [-0.25, -0.2) is 4.98 Å². The number of aromatic nitrogens is 5. The Labute approximate surface area is 130 Å². The van der Waals surface area contributed by atoms with Crippen LogP contribution < -0.4 is 4.90 Å². The van der Waals surface area contributed by atoms with Gasteiger partial charge in [0.05, 0.1) is 11.4 Å². The molecular formula is C16H22N6. The maximum absolute atomic E-state index is 4.71. The van der Waals surface area contributed by atoms with E-state index in [2.05, 4.69) is 24.6 Å². The van der Waals surface area contributed by atoms with Gasteiger partial charge < -0.3 is 9.47 Å². The topological polar surface area (TPSA) is 59.7 Å². The molecule has 0 aromatic carbocycles. The van der Waals surface area contributed by atoms with Gasteiger partial charge in [0, 0.05) is 38.2 Å². The summed E-state index contributed by atoms with van der Waals surface area (Å²) in [7, 11) is 0. The lowest BCUT2D eigenvalue weighted by Gasteiger charge is -2.33. The zero-order valence-corrected chi connectivity index (χ0v) is 13.3. The monoisotopic (exact) mass is 298 g/mol. The van der Waals surface area contributed by atoms with Crippen LogP contribution in [0.15, 0.2) is 6.20 Å². The molecule has 2 aromatic rings. The van der Waals surface area contributed by atoms with E-state index in [1.54, 1.807) is 0 Å². The van der Waals surface area contributed by atoms with Gasteiger partial charge >= 0.3 is 0 Å². The number of rotatable bonds is 2. The van der Waals surface area contributed by atoms with Crippen molar-refractivity contribution in [3.8, 4) is 0 Å². The summed E-state index contributed by atoms with van der Waals surface area (Å²) < 4.78 is 2.34. The van der Waals surface area contributed by atoms with Crippen molar-refractivity contribution in [2.75, 3.05) is 18.0 Å². The Hall–Kier alpha value is -1.98. The van der Waals surface area contributed by atoms with Gasteiger partial charge in [-0.05, 0) is 33.1 Å². The second-order valence-corrected chi connectivity index (χ2v) is 6.44. The maximum atomic E-state index is 4.71. The van der Waals surface area contributed by atoms with Crippen LogP contribution in [0.3, 0.4) is 0 Å². The highest BCUT2D eigenvalue weighted by Gasteiger charge is 2.29. The summed E-state index contributed by atoms with van der Waals surface area (Å²) in [5, 5.41) is 8.85. The molecular weight excluding hydrogens is 276 g/mol. The summed E-state index contributed by atoms with van der Waals surface area (Å²) in [5.41, 5.74) is 1.99. The Bertz CT molecular complexity index is 692. The van der Waals surface area contributed by atoms with Crippen molar-refractivity contribution in [2.24, 2.45) is 0 Å². The molecule has 2 aliphatic heterocycles. The highest BCUT2D eigenvalue weighted by Crippen LogP contribution is 2.31. The summed E-state index contributed by atoms with van der Waals surface area (Å²) in [6, 6.07) is 0. The van der Waals surface area contributed by atoms with E-state index in [9.17, 15) is 0 Å². The molecule has 0 spiro atoms.